The minimum Gasteiger partial charge on any atom is -0.352 e. The van der Waals surface area contributed by atoms with Crippen LogP contribution in [-0.4, -0.2) is 43.1 Å². The van der Waals surface area contributed by atoms with E-state index in [4.69, 9.17) is 0 Å². The summed E-state index contributed by atoms with van der Waals surface area (Å²) in [7, 11) is 1.85. The van der Waals surface area contributed by atoms with Gasteiger partial charge in [-0.2, -0.15) is 0 Å². The van der Waals surface area contributed by atoms with Gasteiger partial charge in [0.05, 0.1) is 0 Å². The molecule has 1 saturated carbocycles. The number of nitrogens with one attached hydrogen (secondary N) is 2. The number of hydrogen-bond donors (Lipinski definition) is 2. The van der Waals surface area contributed by atoms with Crippen molar-refractivity contribution >= 4 is 5.96 Å². The molecule has 0 spiro atoms. The van der Waals surface area contributed by atoms with Gasteiger partial charge in [0.1, 0.15) is 0 Å². The second-order valence-electron chi connectivity index (χ2n) is 6.47. The van der Waals surface area contributed by atoms with E-state index in [-0.39, 0.29) is 0 Å². The molecule has 1 atom stereocenters. The van der Waals surface area contributed by atoms with Gasteiger partial charge in [0, 0.05) is 38.8 Å². The quantitative estimate of drug-likeness (QED) is 0.662. The lowest BCUT2D eigenvalue weighted by Gasteiger charge is -2.24. The molecule has 1 aliphatic heterocycles. The molecule has 2 aliphatic rings. The van der Waals surface area contributed by atoms with Gasteiger partial charge >= 0.3 is 0 Å². The maximum Gasteiger partial charge on any atom is 0.191 e. The van der Waals surface area contributed by atoms with Crippen LogP contribution in [0.15, 0.2) is 35.3 Å². The lowest BCUT2D eigenvalue weighted by atomic mass is 10.2. The van der Waals surface area contributed by atoms with E-state index in [0.29, 0.717) is 6.04 Å². The van der Waals surface area contributed by atoms with E-state index in [1.807, 2.05) is 13.1 Å². The molecule has 1 unspecified atom stereocenters. The van der Waals surface area contributed by atoms with Crippen LogP contribution in [0.2, 0.25) is 0 Å². The van der Waals surface area contributed by atoms with Gasteiger partial charge in [0.15, 0.2) is 5.96 Å². The Morgan fingerprint density at radius 3 is 2.68 bits per heavy atom. The van der Waals surface area contributed by atoms with Gasteiger partial charge in [0.25, 0.3) is 0 Å². The average molecular weight is 300 g/mol. The maximum atomic E-state index is 4.37. The largest absolute Gasteiger partial charge is 0.352 e. The highest BCUT2D eigenvalue weighted by atomic mass is 15.3. The first-order chi connectivity index (χ1) is 10.8. The smallest absolute Gasteiger partial charge is 0.191 e. The number of nitrogens with zero attached hydrogens (tertiary/aromatic N) is 2. The molecule has 120 valence electrons. The zero-order chi connectivity index (χ0) is 15.2. The zero-order valence-electron chi connectivity index (χ0n) is 13.6. The van der Waals surface area contributed by atoms with E-state index in [1.165, 1.54) is 44.2 Å². The number of hydrogen-bond acceptors (Lipinski definition) is 2. The van der Waals surface area contributed by atoms with Gasteiger partial charge in [-0.15, -0.1) is 0 Å². The third-order valence-electron chi connectivity index (χ3n) is 4.93. The highest BCUT2D eigenvalue weighted by molar-refractivity contribution is 5.80. The molecule has 2 N–H and O–H groups in total. The first kappa shape index (κ1) is 15.3. The number of likely N-dealkylation sites (tertiary alicyclic amines) is 1. The lowest BCUT2D eigenvalue weighted by Crippen LogP contribution is -2.45. The minimum atomic E-state index is 0.530. The molecule has 22 heavy (non-hydrogen) atoms. The third kappa shape index (κ3) is 4.01. The molecule has 3 rings (SSSR count). The lowest BCUT2D eigenvalue weighted by molar-refractivity contribution is 0.242. The average Bonchev–Trinajstić information content (AvgIpc) is 3.23. The molecule has 0 radical (unpaired) electrons. The Hall–Kier alpha value is -1.55. The Balaban J connectivity index is 1.45. The van der Waals surface area contributed by atoms with Gasteiger partial charge < -0.3 is 10.6 Å². The highest BCUT2D eigenvalue weighted by Crippen LogP contribution is 2.26. The van der Waals surface area contributed by atoms with Crippen LogP contribution in [0.1, 0.15) is 37.7 Å². The molecule has 0 aromatic heterocycles. The molecule has 4 heteroatoms. The molecule has 1 aromatic rings. The molecule has 0 amide bonds. The molecule has 1 heterocycles. The molecule has 1 aromatic carbocycles. The first-order valence-corrected chi connectivity index (χ1v) is 8.60. The van der Waals surface area contributed by atoms with Crippen LogP contribution in [0.3, 0.4) is 0 Å². The molecular weight excluding hydrogens is 272 g/mol. The van der Waals surface area contributed by atoms with Crippen LogP contribution in [-0.2, 0) is 6.54 Å². The fourth-order valence-corrected chi connectivity index (χ4v) is 3.68. The van der Waals surface area contributed by atoms with Crippen molar-refractivity contribution in [2.45, 2.75) is 50.7 Å². The number of guanidine groups is 1. The molecular formula is C18H28N4. The van der Waals surface area contributed by atoms with E-state index in [2.05, 4.69) is 44.8 Å². The summed E-state index contributed by atoms with van der Waals surface area (Å²) in [5.41, 5.74) is 1.28. The summed E-state index contributed by atoms with van der Waals surface area (Å²) < 4.78 is 0. The van der Waals surface area contributed by atoms with Crippen LogP contribution in [0.5, 0.6) is 0 Å². The van der Waals surface area contributed by atoms with Crippen molar-refractivity contribution in [3.63, 3.8) is 0 Å². The standard InChI is InChI=1S/C18H28N4/c1-19-18(20-13-15-7-3-2-4-8-15)21-16-11-12-22(14-16)17-9-5-6-10-17/h2-4,7-8,16-17H,5-6,9-14H2,1H3,(H2,19,20,21). The second-order valence-corrected chi connectivity index (χ2v) is 6.47. The van der Waals surface area contributed by atoms with Crippen LogP contribution in [0.4, 0.5) is 0 Å². The van der Waals surface area contributed by atoms with E-state index in [0.717, 1.165) is 25.1 Å². The Bertz CT molecular complexity index is 479. The van der Waals surface area contributed by atoms with Gasteiger partial charge in [0.2, 0.25) is 0 Å². The fraction of sp³-hybridized carbons (Fsp3) is 0.611. The summed E-state index contributed by atoms with van der Waals surface area (Å²) in [6, 6.07) is 11.8. The van der Waals surface area contributed by atoms with Gasteiger partial charge in [-0.25, -0.2) is 0 Å². The van der Waals surface area contributed by atoms with Crippen molar-refractivity contribution < 1.29 is 0 Å². The highest BCUT2D eigenvalue weighted by Gasteiger charge is 2.30. The minimum absolute atomic E-state index is 0.530. The topological polar surface area (TPSA) is 39.7 Å². The first-order valence-electron chi connectivity index (χ1n) is 8.60. The van der Waals surface area contributed by atoms with Gasteiger partial charge in [-0.05, 0) is 24.8 Å². The van der Waals surface area contributed by atoms with Crippen LogP contribution in [0, 0.1) is 0 Å². The molecule has 1 saturated heterocycles. The predicted molar refractivity (Wildman–Crippen MR) is 92.0 cm³/mol. The van der Waals surface area contributed by atoms with E-state index in [1.54, 1.807) is 0 Å². The SMILES string of the molecule is CN=C(NCc1ccccc1)NC1CCN(C2CCCC2)C1. The summed E-state index contributed by atoms with van der Waals surface area (Å²) in [5.74, 6) is 0.919. The van der Waals surface area contributed by atoms with Crippen molar-refractivity contribution in [1.29, 1.82) is 0 Å². The number of rotatable bonds is 4. The summed E-state index contributed by atoms with van der Waals surface area (Å²) in [5, 5.41) is 7.00. The predicted octanol–water partition coefficient (Wildman–Crippen LogP) is 2.37. The Morgan fingerprint density at radius 2 is 1.95 bits per heavy atom. The van der Waals surface area contributed by atoms with E-state index < -0.39 is 0 Å². The Morgan fingerprint density at radius 1 is 1.18 bits per heavy atom. The maximum absolute atomic E-state index is 4.37. The van der Waals surface area contributed by atoms with Gasteiger partial charge in [-0.3, -0.25) is 9.89 Å². The van der Waals surface area contributed by atoms with Crippen molar-refractivity contribution in [1.82, 2.24) is 15.5 Å². The Kier molecular flexibility index (Phi) is 5.33. The van der Waals surface area contributed by atoms with Crippen molar-refractivity contribution in [3.8, 4) is 0 Å². The van der Waals surface area contributed by atoms with Crippen molar-refractivity contribution in [2.24, 2.45) is 4.99 Å². The molecule has 4 nitrogen and oxygen atoms in total. The molecule has 1 aliphatic carbocycles. The Labute approximate surface area is 134 Å². The summed E-state index contributed by atoms with van der Waals surface area (Å²) in [6.45, 7) is 3.22. The number of aliphatic imine (C=N–C) groups is 1. The van der Waals surface area contributed by atoms with E-state index in [9.17, 15) is 0 Å². The van der Waals surface area contributed by atoms with Gasteiger partial charge in [-0.1, -0.05) is 43.2 Å². The van der Waals surface area contributed by atoms with Crippen LogP contribution >= 0.6 is 0 Å². The van der Waals surface area contributed by atoms with E-state index >= 15 is 0 Å². The molecule has 0 bridgehead atoms. The number of benzene rings is 1. The van der Waals surface area contributed by atoms with Crippen molar-refractivity contribution in [2.75, 3.05) is 20.1 Å². The van der Waals surface area contributed by atoms with Crippen LogP contribution < -0.4 is 10.6 Å². The van der Waals surface area contributed by atoms with Crippen LogP contribution in [0.25, 0.3) is 0 Å². The fourth-order valence-electron chi connectivity index (χ4n) is 3.68. The second kappa shape index (κ2) is 7.63. The zero-order valence-corrected chi connectivity index (χ0v) is 13.6. The monoisotopic (exact) mass is 300 g/mol. The summed E-state index contributed by atoms with van der Waals surface area (Å²) >= 11 is 0. The summed E-state index contributed by atoms with van der Waals surface area (Å²) in [4.78, 5) is 7.04. The van der Waals surface area contributed by atoms with Crippen molar-refractivity contribution in [3.05, 3.63) is 35.9 Å². The molecule has 2 fully saturated rings. The third-order valence-corrected chi connectivity index (χ3v) is 4.93. The normalized spacial score (nSPS) is 23.9. The summed E-state index contributed by atoms with van der Waals surface area (Å²) in [6.07, 6.45) is 6.85.